The molecule has 1 unspecified atom stereocenters. The fourth-order valence-electron chi connectivity index (χ4n) is 1.78. The zero-order valence-corrected chi connectivity index (χ0v) is 11.9. The van der Waals surface area contributed by atoms with Gasteiger partial charge in [0.2, 0.25) is 5.91 Å². The Bertz CT molecular complexity index is 371. The van der Waals surface area contributed by atoms with E-state index >= 15 is 0 Å². The van der Waals surface area contributed by atoms with E-state index < -0.39 is 0 Å². The number of carbonyl (C=O) groups excluding carboxylic acids is 1. The summed E-state index contributed by atoms with van der Waals surface area (Å²) in [6.07, 6.45) is 3.99. The quantitative estimate of drug-likeness (QED) is 0.778. The lowest BCUT2D eigenvalue weighted by Crippen LogP contribution is -2.30. The van der Waals surface area contributed by atoms with E-state index in [0.29, 0.717) is 18.5 Å². The maximum atomic E-state index is 11.7. The largest absolute Gasteiger partial charge is 0.354 e. The maximum absolute atomic E-state index is 11.7. The molecule has 0 aliphatic heterocycles. The van der Waals surface area contributed by atoms with Crippen molar-refractivity contribution in [1.29, 1.82) is 0 Å². The first-order chi connectivity index (χ1) is 8.52. The zero-order valence-electron chi connectivity index (χ0n) is 11.9. The lowest BCUT2D eigenvalue weighted by Gasteiger charge is -2.10. The second-order valence-corrected chi connectivity index (χ2v) is 5.09. The van der Waals surface area contributed by atoms with Crippen molar-refractivity contribution in [2.75, 3.05) is 13.1 Å². The molecule has 1 aromatic heterocycles. The maximum Gasteiger partial charge on any atom is 0.239 e. The Morgan fingerprint density at radius 2 is 2.11 bits per heavy atom. The summed E-state index contributed by atoms with van der Waals surface area (Å²) in [5, 5.41) is 6.27. The zero-order chi connectivity index (χ0) is 13.5. The van der Waals surface area contributed by atoms with Gasteiger partial charge in [-0.25, -0.2) is 0 Å². The van der Waals surface area contributed by atoms with E-state index in [1.165, 1.54) is 5.56 Å². The van der Waals surface area contributed by atoms with Crippen molar-refractivity contribution in [3.8, 4) is 0 Å². The number of hydrogen-bond acceptors (Lipinski definition) is 2. The Hall–Kier alpha value is -1.29. The highest BCUT2D eigenvalue weighted by atomic mass is 16.1. The highest BCUT2D eigenvalue weighted by molar-refractivity contribution is 5.75. The number of rotatable bonds is 7. The highest BCUT2D eigenvalue weighted by Crippen LogP contribution is 2.12. The molecule has 102 valence electrons. The molecule has 1 rings (SSSR count). The van der Waals surface area contributed by atoms with Gasteiger partial charge in [0.05, 0.1) is 0 Å². The van der Waals surface area contributed by atoms with Crippen molar-refractivity contribution in [3.05, 3.63) is 24.0 Å². The topological polar surface area (TPSA) is 46.1 Å². The molecule has 1 aromatic rings. The second kappa shape index (κ2) is 7.21. The fourth-order valence-corrected chi connectivity index (χ4v) is 1.78. The minimum Gasteiger partial charge on any atom is -0.354 e. The second-order valence-electron chi connectivity index (χ2n) is 5.09. The standard InChI is InChI=1S/C14H25N3O/c1-5-15-12(4)13-6-7-17(9-13)10-14(18)16-8-11(2)3/h6-7,9,11-12,15H,5,8,10H2,1-4H3,(H,16,18). The number of aromatic nitrogens is 1. The van der Waals surface area contributed by atoms with Gasteiger partial charge >= 0.3 is 0 Å². The van der Waals surface area contributed by atoms with Crippen LogP contribution in [0.25, 0.3) is 0 Å². The van der Waals surface area contributed by atoms with Crippen LogP contribution in [0.1, 0.15) is 39.3 Å². The summed E-state index contributed by atoms with van der Waals surface area (Å²) in [4.78, 5) is 11.7. The highest BCUT2D eigenvalue weighted by Gasteiger charge is 2.07. The third-order valence-corrected chi connectivity index (χ3v) is 2.82. The van der Waals surface area contributed by atoms with Gasteiger partial charge in [-0.05, 0) is 31.0 Å². The molecule has 1 heterocycles. The van der Waals surface area contributed by atoms with E-state index in [2.05, 4.69) is 44.4 Å². The molecular formula is C14H25N3O. The molecular weight excluding hydrogens is 226 g/mol. The average Bonchev–Trinajstić information content (AvgIpc) is 2.75. The third-order valence-electron chi connectivity index (χ3n) is 2.82. The molecule has 1 atom stereocenters. The molecule has 4 nitrogen and oxygen atoms in total. The van der Waals surface area contributed by atoms with Crippen LogP contribution in [0.2, 0.25) is 0 Å². The summed E-state index contributed by atoms with van der Waals surface area (Å²) in [5.41, 5.74) is 1.22. The summed E-state index contributed by atoms with van der Waals surface area (Å²) in [6, 6.07) is 2.39. The number of hydrogen-bond donors (Lipinski definition) is 2. The van der Waals surface area contributed by atoms with E-state index in [4.69, 9.17) is 0 Å². The van der Waals surface area contributed by atoms with Crippen LogP contribution in [0.4, 0.5) is 0 Å². The minimum atomic E-state index is 0.0713. The van der Waals surface area contributed by atoms with Crippen LogP contribution in [0.15, 0.2) is 18.5 Å². The van der Waals surface area contributed by atoms with Gasteiger partial charge in [-0.1, -0.05) is 20.8 Å². The van der Waals surface area contributed by atoms with Crippen LogP contribution in [-0.2, 0) is 11.3 Å². The van der Waals surface area contributed by atoms with E-state index in [9.17, 15) is 4.79 Å². The first kappa shape index (κ1) is 14.8. The third kappa shape index (κ3) is 4.92. The Kier molecular flexibility index (Phi) is 5.92. The number of carbonyl (C=O) groups is 1. The predicted octanol–water partition coefficient (Wildman–Crippen LogP) is 1.93. The van der Waals surface area contributed by atoms with Crippen LogP contribution in [-0.4, -0.2) is 23.6 Å². The Labute approximate surface area is 110 Å². The van der Waals surface area contributed by atoms with Crippen LogP contribution in [0.5, 0.6) is 0 Å². The van der Waals surface area contributed by atoms with Gasteiger partial charge in [0.15, 0.2) is 0 Å². The first-order valence-corrected chi connectivity index (χ1v) is 6.68. The van der Waals surface area contributed by atoms with E-state index in [1.54, 1.807) is 0 Å². The van der Waals surface area contributed by atoms with Crippen molar-refractivity contribution >= 4 is 5.91 Å². The smallest absolute Gasteiger partial charge is 0.239 e. The summed E-state index contributed by atoms with van der Waals surface area (Å²) in [5.74, 6) is 0.560. The van der Waals surface area contributed by atoms with E-state index in [1.807, 2.05) is 17.0 Å². The van der Waals surface area contributed by atoms with Crippen LogP contribution < -0.4 is 10.6 Å². The Morgan fingerprint density at radius 1 is 1.39 bits per heavy atom. The molecule has 0 aliphatic rings. The van der Waals surface area contributed by atoms with Crippen molar-refractivity contribution in [2.24, 2.45) is 5.92 Å². The number of nitrogens with one attached hydrogen (secondary N) is 2. The summed E-state index contributed by atoms with van der Waals surface area (Å²) in [6.45, 7) is 10.5. The molecule has 0 aliphatic carbocycles. The molecule has 0 radical (unpaired) electrons. The molecule has 0 saturated carbocycles. The number of nitrogens with zero attached hydrogens (tertiary/aromatic N) is 1. The average molecular weight is 251 g/mol. The lowest BCUT2D eigenvalue weighted by molar-refractivity contribution is -0.121. The molecule has 0 fully saturated rings. The summed E-state index contributed by atoms with van der Waals surface area (Å²) in [7, 11) is 0. The van der Waals surface area contributed by atoms with Gasteiger partial charge < -0.3 is 15.2 Å². The minimum absolute atomic E-state index is 0.0713. The van der Waals surface area contributed by atoms with Crippen LogP contribution in [0, 0.1) is 5.92 Å². The van der Waals surface area contributed by atoms with Gasteiger partial charge in [-0.3, -0.25) is 4.79 Å². The van der Waals surface area contributed by atoms with Gasteiger partial charge in [-0.2, -0.15) is 0 Å². The SMILES string of the molecule is CCNC(C)c1ccn(CC(=O)NCC(C)C)c1. The molecule has 0 saturated heterocycles. The van der Waals surface area contributed by atoms with Crippen molar-refractivity contribution in [2.45, 2.75) is 40.3 Å². The molecule has 0 spiro atoms. The molecule has 18 heavy (non-hydrogen) atoms. The fraction of sp³-hybridized carbons (Fsp3) is 0.643. The van der Waals surface area contributed by atoms with Crippen LogP contribution in [0.3, 0.4) is 0 Å². The van der Waals surface area contributed by atoms with Crippen molar-refractivity contribution in [1.82, 2.24) is 15.2 Å². The summed E-state index contributed by atoms with van der Waals surface area (Å²) >= 11 is 0. The number of amides is 1. The first-order valence-electron chi connectivity index (χ1n) is 6.68. The molecule has 2 N–H and O–H groups in total. The van der Waals surface area contributed by atoms with Crippen molar-refractivity contribution in [3.63, 3.8) is 0 Å². The lowest BCUT2D eigenvalue weighted by atomic mass is 10.2. The van der Waals surface area contributed by atoms with E-state index in [-0.39, 0.29) is 5.91 Å². The van der Waals surface area contributed by atoms with Gasteiger partial charge in [0.1, 0.15) is 6.54 Å². The molecule has 4 heteroatoms. The van der Waals surface area contributed by atoms with E-state index in [0.717, 1.165) is 13.1 Å². The predicted molar refractivity (Wildman–Crippen MR) is 74.4 cm³/mol. The van der Waals surface area contributed by atoms with Crippen LogP contribution >= 0.6 is 0 Å². The Morgan fingerprint density at radius 3 is 2.72 bits per heavy atom. The van der Waals surface area contributed by atoms with Gasteiger partial charge in [0, 0.05) is 25.0 Å². The van der Waals surface area contributed by atoms with Crippen molar-refractivity contribution < 1.29 is 4.79 Å². The molecule has 1 amide bonds. The Balaban J connectivity index is 2.46. The normalized spacial score (nSPS) is 12.7. The monoisotopic (exact) mass is 251 g/mol. The summed E-state index contributed by atoms with van der Waals surface area (Å²) < 4.78 is 1.93. The van der Waals surface area contributed by atoms with Gasteiger partial charge in [-0.15, -0.1) is 0 Å². The molecule has 0 aromatic carbocycles. The molecule has 0 bridgehead atoms. The van der Waals surface area contributed by atoms with Gasteiger partial charge in [0.25, 0.3) is 0 Å².